The first kappa shape index (κ1) is 25.4. The van der Waals surface area contributed by atoms with Crippen LogP contribution < -0.4 is 19.5 Å². The van der Waals surface area contributed by atoms with E-state index in [-0.39, 0.29) is 23.6 Å². The molecule has 0 aromatic heterocycles. The second kappa shape index (κ2) is 12.9. The maximum atomic E-state index is 12.4. The van der Waals surface area contributed by atoms with Gasteiger partial charge in [-0.1, -0.05) is 28.1 Å². The number of hydrogen-bond acceptors (Lipinski definition) is 6. The van der Waals surface area contributed by atoms with Crippen molar-refractivity contribution in [1.82, 2.24) is 5.32 Å². The first-order chi connectivity index (χ1) is 15.9. The topological polar surface area (TPSA) is 97.7 Å². The predicted molar refractivity (Wildman–Crippen MR) is 130 cm³/mol. The van der Waals surface area contributed by atoms with Crippen LogP contribution in [0.25, 0.3) is 12.2 Å². The maximum absolute atomic E-state index is 12.4. The number of hydrogen-bond donors (Lipinski definition) is 1. The largest absolute Gasteiger partial charge is 0.493 e. The van der Waals surface area contributed by atoms with Gasteiger partial charge in [0.25, 0.3) is 5.91 Å². The van der Waals surface area contributed by atoms with E-state index in [0.29, 0.717) is 17.9 Å². The first-order valence-electron chi connectivity index (χ1n) is 9.93. The minimum absolute atomic E-state index is 0.0781. The van der Waals surface area contributed by atoms with E-state index < -0.39 is 11.9 Å². The molecule has 7 nitrogen and oxygen atoms in total. The van der Waals surface area contributed by atoms with Crippen molar-refractivity contribution in [2.45, 2.75) is 6.92 Å². The molecule has 2 rings (SSSR count). The zero-order chi connectivity index (χ0) is 24.2. The molecule has 8 heteroatoms. The van der Waals surface area contributed by atoms with Gasteiger partial charge in [-0.05, 0) is 55.0 Å². The highest BCUT2D eigenvalue weighted by Gasteiger charge is 2.12. The molecule has 0 radical (unpaired) electrons. The van der Waals surface area contributed by atoms with Crippen LogP contribution in [0.1, 0.15) is 18.1 Å². The number of methoxy groups -OCH3 is 1. The van der Waals surface area contributed by atoms with Crippen LogP contribution in [0.4, 0.5) is 0 Å². The number of esters is 1. The molecular weight excluding hydrogens is 488 g/mol. The van der Waals surface area contributed by atoms with Crippen LogP contribution in [-0.2, 0) is 9.59 Å². The minimum Gasteiger partial charge on any atom is -0.493 e. The number of rotatable bonds is 10. The highest BCUT2D eigenvalue weighted by molar-refractivity contribution is 9.10. The van der Waals surface area contributed by atoms with Crippen molar-refractivity contribution in [1.29, 1.82) is 5.26 Å². The Labute approximate surface area is 201 Å². The van der Waals surface area contributed by atoms with Crippen molar-refractivity contribution in [3.8, 4) is 23.3 Å². The monoisotopic (exact) mass is 510 g/mol. The predicted octanol–water partition coefficient (Wildman–Crippen LogP) is 4.68. The molecule has 0 heterocycles. The Balaban J connectivity index is 2.19. The van der Waals surface area contributed by atoms with Crippen molar-refractivity contribution >= 4 is 40.0 Å². The highest BCUT2D eigenvalue weighted by Crippen LogP contribution is 2.30. The lowest BCUT2D eigenvalue weighted by molar-refractivity contribution is -0.129. The molecule has 2 aromatic rings. The van der Waals surface area contributed by atoms with Crippen LogP contribution in [0.2, 0.25) is 0 Å². The molecule has 0 bridgehead atoms. The van der Waals surface area contributed by atoms with E-state index >= 15 is 0 Å². The zero-order valence-corrected chi connectivity index (χ0v) is 19.8. The maximum Gasteiger partial charge on any atom is 0.336 e. The van der Waals surface area contributed by atoms with Crippen molar-refractivity contribution in [2.75, 3.05) is 20.3 Å². The van der Waals surface area contributed by atoms with Gasteiger partial charge in [-0.25, -0.2) is 4.79 Å². The number of amides is 1. The van der Waals surface area contributed by atoms with Gasteiger partial charge < -0.3 is 19.5 Å². The standard InChI is InChI=1S/C25H23BrN2O5/c1-4-12-28-25(30)19(16-27)13-17-6-9-22(23(14-17)31-3)33-24(29)11-7-18-15-20(26)8-10-21(18)32-5-2/h4,6-11,13-15H,1,5,12H2,2-3H3,(H,28,30). The van der Waals surface area contributed by atoms with Crippen molar-refractivity contribution < 1.29 is 23.8 Å². The van der Waals surface area contributed by atoms with E-state index in [1.54, 1.807) is 24.3 Å². The molecular formula is C25H23BrN2O5. The number of carbonyl (C=O) groups is 2. The third-order valence-corrected chi connectivity index (χ3v) is 4.65. The molecule has 0 unspecified atom stereocenters. The number of halogens is 1. The molecule has 0 aliphatic rings. The zero-order valence-electron chi connectivity index (χ0n) is 18.3. The Kier molecular flexibility index (Phi) is 9.93. The third-order valence-electron chi connectivity index (χ3n) is 4.15. The molecule has 2 aromatic carbocycles. The lowest BCUT2D eigenvalue weighted by atomic mass is 10.1. The van der Waals surface area contributed by atoms with Crippen LogP contribution in [0.3, 0.4) is 0 Å². The summed E-state index contributed by atoms with van der Waals surface area (Å²) in [4.78, 5) is 24.4. The van der Waals surface area contributed by atoms with Gasteiger partial charge in [0.1, 0.15) is 17.4 Å². The Morgan fingerprint density at radius 2 is 1.94 bits per heavy atom. The molecule has 0 aliphatic heterocycles. The highest BCUT2D eigenvalue weighted by atomic mass is 79.9. The van der Waals surface area contributed by atoms with E-state index in [1.165, 1.54) is 31.4 Å². The van der Waals surface area contributed by atoms with E-state index in [9.17, 15) is 14.9 Å². The Morgan fingerprint density at radius 3 is 2.61 bits per heavy atom. The Hall–Kier alpha value is -3.83. The summed E-state index contributed by atoms with van der Waals surface area (Å²) in [5.74, 6) is -0.0228. The molecule has 170 valence electrons. The van der Waals surface area contributed by atoms with Crippen LogP contribution in [0.15, 0.2) is 65.2 Å². The molecule has 1 amide bonds. The van der Waals surface area contributed by atoms with Gasteiger partial charge in [0.2, 0.25) is 0 Å². The average molecular weight is 511 g/mol. The number of benzene rings is 2. The van der Waals surface area contributed by atoms with E-state index in [0.717, 1.165) is 10.0 Å². The number of ether oxygens (including phenoxy) is 3. The van der Waals surface area contributed by atoms with Crippen LogP contribution in [0.5, 0.6) is 17.2 Å². The molecule has 0 saturated heterocycles. The van der Waals surface area contributed by atoms with Crippen molar-refractivity contribution in [3.05, 3.63) is 76.3 Å². The normalized spacial score (nSPS) is 10.9. The minimum atomic E-state index is -0.611. The number of nitriles is 1. The van der Waals surface area contributed by atoms with Gasteiger partial charge in [0, 0.05) is 22.7 Å². The molecule has 0 aliphatic carbocycles. The molecule has 0 spiro atoms. The van der Waals surface area contributed by atoms with Crippen LogP contribution in [-0.4, -0.2) is 32.1 Å². The smallest absolute Gasteiger partial charge is 0.336 e. The summed E-state index contributed by atoms with van der Waals surface area (Å²) in [5, 5.41) is 11.8. The fourth-order valence-corrected chi connectivity index (χ4v) is 3.05. The second-order valence-electron chi connectivity index (χ2n) is 6.45. The lowest BCUT2D eigenvalue weighted by Crippen LogP contribution is -2.24. The summed E-state index contributed by atoms with van der Waals surface area (Å²) < 4.78 is 17.1. The summed E-state index contributed by atoms with van der Waals surface area (Å²) >= 11 is 3.40. The summed E-state index contributed by atoms with van der Waals surface area (Å²) in [6.07, 6.45) is 5.81. The van der Waals surface area contributed by atoms with Gasteiger partial charge >= 0.3 is 5.97 Å². The van der Waals surface area contributed by atoms with Crippen molar-refractivity contribution in [2.24, 2.45) is 0 Å². The molecule has 33 heavy (non-hydrogen) atoms. The number of nitrogens with zero attached hydrogens (tertiary/aromatic N) is 1. The van der Waals surface area contributed by atoms with Crippen molar-refractivity contribution in [3.63, 3.8) is 0 Å². The van der Waals surface area contributed by atoms with Gasteiger partial charge in [-0.2, -0.15) is 5.26 Å². The third kappa shape index (κ3) is 7.66. The van der Waals surface area contributed by atoms with E-state index in [1.807, 2.05) is 25.1 Å². The van der Waals surface area contributed by atoms with Gasteiger partial charge in [0.15, 0.2) is 11.5 Å². The number of nitrogens with one attached hydrogen (secondary N) is 1. The molecule has 0 fully saturated rings. The Morgan fingerprint density at radius 1 is 1.18 bits per heavy atom. The fourth-order valence-electron chi connectivity index (χ4n) is 2.67. The summed E-state index contributed by atoms with van der Waals surface area (Å²) in [6, 6.07) is 12.0. The van der Waals surface area contributed by atoms with Gasteiger partial charge in [0.05, 0.1) is 13.7 Å². The Bertz CT molecular complexity index is 1130. The molecule has 1 N–H and O–H groups in total. The van der Waals surface area contributed by atoms with Gasteiger partial charge in [-0.15, -0.1) is 6.58 Å². The first-order valence-corrected chi connectivity index (χ1v) is 10.7. The SMILES string of the molecule is C=CCNC(=O)C(C#N)=Cc1ccc(OC(=O)C=Cc2cc(Br)ccc2OCC)c(OC)c1. The summed E-state index contributed by atoms with van der Waals surface area (Å²) in [7, 11) is 1.42. The average Bonchev–Trinajstić information content (AvgIpc) is 2.81. The quantitative estimate of drug-likeness (QED) is 0.164. The molecule has 0 saturated carbocycles. The fraction of sp³-hybridized carbons (Fsp3) is 0.160. The lowest BCUT2D eigenvalue weighted by Gasteiger charge is -2.09. The summed E-state index contributed by atoms with van der Waals surface area (Å²) in [6.45, 7) is 6.13. The second-order valence-corrected chi connectivity index (χ2v) is 7.36. The van der Waals surface area contributed by atoms with E-state index in [2.05, 4.69) is 27.8 Å². The molecule has 0 atom stereocenters. The van der Waals surface area contributed by atoms with Gasteiger partial charge in [-0.3, -0.25) is 4.79 Å². The van der Waals surface area contributed by atoms with Crippen LogP contribution >= 0.6 is 15.9 Å². The summed E-state index contributed by atoms with van der Waals surface area (Å²) in [5.41, 5.74) is 1.17. The van der Waals surface area contributed by atoms with E-state index in [4.69, 9.17) is 14.2 Å². The number of carbonyl (C=O) groups excluding carboxylic acids is 2. The van der Waals surface area contributed by atoms with Crippen LogP contribution in [0, 0.1) is 11.3 Å².